The van der Waals surface area contributed by atoms with Crippen molar-refractivity contribution in [1.82, 2.24) is 15.5 Å². The first-order valence-electron chi connectivity index (χ1n) is 7.83. The van der Waals surface area contributed by atoms with E-state index in [4.69, 9.17) is 4.74 Å². The average Bonchev–Trinajstić information content (AvgIpc) is 3.25. The molecule has 2 amide bonds. The summed E-state index contributed by atoms with van der Waals surface area (Å²) in [7, 11) is 0. The molecule has 2 atom stereocenters. The Kier molecular flexibility index (Phi) is 5.40. The van der Waals surface area contributed by atoms with Gasteiger partial charge >= 0.3 is 6.09 Å². The SMILES string of the molecule is O=C(NCC1CNC(C(=O)N2CCSC2)C1)Oc1ccccc1. The van der Waals surface area contributed by atoms with Crippen LogP contribution in [0.3, 0.4) is 0 Å². The molecule has 2 unspecified atom stereocenters. The van der Waals surface area contributed by atoms with Gasteiger partial charge in [0, 0.05) is 25.4 Å². The summed E-state index contributed by atoms with van der Waals surface area (Å²) in [6.07, 6.45) is 0.299. The van der Waals surface area contributed by atoms with E-state index in [1.54, 1.807) is 23.9 Å². The topological polar surface area (TPSA) is 70.7 Å². The van der Waals surface area contributed by atoms with Crippen LogP contribution < -0.4 is 15.4 Å². The zero-order valence-electron chi connectivity index (χ0n) is 12.9. The van der Waals surface area contributed by atoms with Gasteiger partial charge in [0.25, 0.3) is 0 Å². The number of carbonyl (C=O) groups excluding carboxylic acids is 2. The minimum atomic E-state index is -0.457. The minimum absolute atomic E-state index is 0.120. The number of nitrogens with one attached hydrogen (secondary N) is 2. The van der Waals surface area contributed by atoms with E-state index >= 15 is 0 Å². The molecule has 2 N–H and O–H groups in total. The summed E-state index contributed by atoms with van der Waals surface area (Å²) in [6.45, 7) is 2.09. The first-order chi connectivity index (χ1) is 11.2. The molecule has 2 saturated heterocycles. The normalized spacial score (nSPS) is 23.7. The summed E-state index contributed by atoms with van der Waals surface area (Å²) in [4.78, 5) is 26.0. The van der Waals surface area contributed by atoms with Gasteiger partial charge in [0.15, 0.2) is 0 Å². The van der Waals surface area contributed by atoms with Gasteiger partial charge in [-0.1, -0.05) is 18.2 Å². The largest absolute Gasteiger partial charge is 0.412 e. The van der Waals surface area contributed by atoms with Crippen LogP contribution in [0.15, 0.2) is 30.3 Å². The molecule has 2 aliphatic rings. The van der Waals surface area contributed by atoms with Crippen LogP contribution in [0.2, 0.25) is 0 Å². The highest BCUT2D eigenvalue weighted by Gasteiger charge is 2.33. The fourth-order valence-corrected chi connectivity index (χ4v) is 3.78. The molecule has 1 aromatic rings. The Labute approximate surface area is 139 Å². The molecule has 0 aliphatic carbocycles. The molecule has 0 aromatic heterocycles. The van der Waals surface area contributed by atoms with Crippen LogP contribution in [0.4, 0.5) is 4.79 Å². The van der Waals surface area contributed by atoms with E-state index in [1.807, 2.05) is 23.1 Å². The smallest absolute Gasteiger partial charge is 0.410 e. The molecule has 0 saturated carbocycles. The number of nitrogens with zero attached hydrogens (tertiary/aromatic N) is 1. The van der Waals surface area contributed by atoms with Crippen molar-refractivity contribution in [2.45, 2.75) is 12.5 Å². The molecule has 7 heteroatoms. The molecule has 2 aliphatic heterocycles. The van der Waals surface area contributed by atoms with Gasteiger partial charge < -0.3 is 20.3 Å². The molecule has 0 spiro atoms. The Morgan fingerprint density at radius 3 is 2.91 bits per heavy atom. The van der Waals surface area contributed by atoms with Crippen molar-refractivity contribution in [1.29, 1.82) is 0 Å². The van der Waals surface area contributed by atoms with Crippen molar-refractivity contribution in [3.05, 3.63) is 30.3 Å². The average molecular weight is 335 g/mol. The van der Waals surface area contributed by atoms with E-state index < -0.39 is 6.09 Å². The van der Waals surface area contributed by atoms with Gasteiger partial charge in [-0.2, -0.15) is 0 Å². The van der Waals surface area contributed by atoms with Gasteiger partial charge in [-0.05, 0) is 24.5 Å². The number of hydrogen-bond acceptors (Lipinski definition) is 5. The Hall–Kier alpha value is -1.73. The third-order valence-corrected chi connectivity index (χ3v) is 5.04. The number of ether oxygens (including phenoxy) is 1. The fraction of sp³-hybridized carbons (Fsp3) is 0.500. The zero-order chi connectivity index (χ0) is 16.1. The summed E-state index contributed by atoms with van der Waals surface area (Å²) < 4.78 is 5.18. The van der Waals surface area contributed by atoms with Crippen molar-refractivity contribution < 1.29 is 14.3 Å². The lowest BCUT2D eigenvalue weighted by molar-refractivity contribution is -0.131. The van der Waals surface area contributed by atoms with Crippen LogP contribution in [0.5, 0.6) is 5.75 Å². The first-order valence-corrected chi connectivity index (χ1v) is 8.98. The maximum atomic E-state index is 12.3. The van der Waals surface area contributed by atoms with Crippen molar-refractivity contribution in [2.24, 2.45) is 5.92 Å². The predicted molar refractivity (Wildman–Crippen MR) is 89.4 cm³/mol. The molecular formula is C16H21N3O3S. The van der Waals surface area contributed by atoms with Gasteiger partial charge in [-0.15, -0.1) is 11.8 Å². The van der Waals surface area contributed by atoms with E-state index in [2.05, 4.69) is 10.6 Å². The molecule has 23 heavy (non-hydrogen) atoms. The van der Waals surface area contributed by atoms with Gasteiger partial charge in [0.2, 0.25) is 5.91 Å². The van der Waals surface area contributed by atoms with Gasteiger partial charge in [0.1, 0.15) is 5.75 Å². The molecule has 6 nitrogen and oxygen atoms in total. The van der Waals surface area contributed by atoms with Crippen LogP contribution in [-0.4, -0.2) is 54.2 Å². The summed E-state index contributed by atoms with van der Waals surface area (Å²) >= 11 is 1.79. The number of rotatable bonds is 4. The van der Waals surface area contributed by atoms with Crippen LogP contribution in [0.1, 0.15) is 6.42 Å². The summed E-state index contributed by atoms with van der Waals surface area (Å²) in [5.74, 6) is 2.78. The number of benzene rings is 1. The number of para-hydroxylation sites is 1. The third-order valence-electron chi connectivity index (χ3n) is 4.07. The maximum Gasteiger partial charge on any atom is 0.412 e. The summed E-state index contributed by atoms with van der Waals surface area (Å²) in [6, 6.07) is 8.85. The lowest BCUT2D eigenvalue weighted by atomic mass is 10.1. The van der Waals surface area contributed by atoms with Gasteiger partial charge in [-0.3, -0.25) is 4.79 Å². The van der Waals surface area contributed by atoms with Crippen molar-refractivity contribution in [2.75, 3.05) is 31.3 Å². The molecule has 1 aromatic carbocycles. The Morgan fingerprint density at radius 1 is 1.35 bits per heavy atom. The molecule has 0 bridgehead atoms. The molecule has 3 rings (SSSR count). The van der Waals surface area contributed by atoms with Gasteiger partial charge in [-0.25, -0.2) is 4.79 Å². The zero-order valence-corrected chi connectivity index (χ0v) is 13.7. The number of thioether (sulfide) groups is 1. The standard InChI is InChI=1S/C16H21N3O3S/c20-15(19-6-7-23-11-19)14-8-12(9-17-14)10-18-16(21)22-13-4-2-1-3-5-13/h1-5,12,14,17H,6-11H2,(H,18,21). The minimum Gasteiger partial charge on any atom is -0.410 e. The maximum absolute atomic E-state index is 12.3. The van der Waals surface area contributed by atoms with E-state index in [9.17, 15) is 9.59 Å². The first kappa shape index (κ1) is 16.1. The fourth-order valence-electron chi connectivity index (χ4n) is 2.82. The molecule has 0 radical (unpaired) electrons. The molecule has 2 fully saturated rings. The Bertz CT molecular complexity index is 549. The lowest BCUT2D eigenvalue weighted by Crippen LogP contribution is -2.42. The quantitative estimate of drug-likeness (QED) is 0.867. The van der Waals surface area contributed by atoms with Crippen LogP contribution >= 0.6 is 11.8 Å². The molecule has 2 heterocycles. The number of hydrogen-bond donors (Lipinski definition) is 2. The predicted octanol–water partition coefficient (Wildman–Crippen LogP) is 1.29. The van der Waals surface area contributed by atoms with Crippen LogP contribution in [-0.2, 0) is 4.79 Å². The van der Waals surface area contributed by atoms with E-state index in [0.717, 1.165) is 31.1 Å². The van der Waals surface area contributed by atoms with Crippen molar-refractivity contribution >= 4 is 23.8 Å². The van der Waals surface area contributed by atoms with Crippen LogP contribution in [0.25, 0.3) is 0 Å². The second kappa shape index (κ2) is 7.70. The highest BCUT2D eigenvalue weighted by Crippen LogP contribution is 2.20. The summed E-state index contributed by atoms with van der Waals surface area (Å²) in [5.41, 5.74) is 0. The Balaban J connectivity index is 1.39. The monoisotopic (exact) mass is 335 g/mol. The van der Waals surface area contributed by atoms with Crippen LogP contribution in [0, 0.1) is 5.92 Å². The highest BCUT2D eigenvalue weighted by molar-refractivity contribution is 7.99. The van der Waals surface area contributed by atoms with Crippen molar-refractivity contribution in [3.8, 4) is 5.75 Å². The van der Waals surface area contributed by atoms with E-state index in [1.165, 1.54) is 0 Å². The van der Waals surface area contributed by atoms with Crippen molar-refractivity contribution in [3.63, 3.8) is 0 Å². The number of carbonyl (C=O) groups is 2. The second-order valence-corrected chi connectivity index (χ2v) is 6.86. The molecular weight excluding hydrogens is 314 g/mol. The molecule has 124 valence electrons. The lowest BCUT2D eigenvalue weighted by Gasteiger charge is -2.19. The summed E-state index contributed by atoms with van der Waals surface area (Å²) in [5, 5.41) is 6.04. The third kappa shape index (κ3) is 4.39. The number of amides is 2. The second-order valence-electron chi connectivity index (χ2n) is 5.79. The highest BCUT2D eigenvalue weighted by atomic mass is 32.2. The van der Waals surface area contributed by atoms with E-state index in [-0.39, 0.29) is 17.9 Å². The Morgan fingerprint density at radius 2 is 2.17 bits per heavy atom. The van der Waals surface area contributed by atoms with E-state index in [0.29, 0.717) is 12.3 Å². The van der Waals surface area contributed by atoms with Gasteiger partial charge in [0.05, 0.1) is 11.9 Å².